The maximum Gasteiger partial charge on any atom is 0.321 e. The summed E-state index contributed by atoms with van der Waals surface area (Å²) in [7, 11) is 4.01. The molecule has 2 aromatic carbocycles. The van der Waals surface area contributed by atoms with E-state index in [0.29, 0.717) is 5.92 Å². The van der Waals surface area contributed by atoms with E-state index in [9.17, 15) is 4.79 Å². The van der Waals surface area contributed by atoms with Gasteiger partial charge < -0.3 is 19.9 Å². The number of carbonyl (C=O) groups excluding carboxylic acids is 1. The summed E-state index contributed by atoms with van der Waals surface area (Å²) in [5.41, 5.74) is 1.92. The van der Waals surface area contributed by atoms with Crippen molar-refractivity contribution in [2.24, 2.45) is 5.92 Å². The van der Waals surface area contributed by atoms with E-state index in [1.54, 1.807) is 4.90 Å². The number of hydrogen-bond acceptors (Lipinski definition) is 3. The van der Waals surface area contributed by atoms with E-state index >= 15 is 0 Å². The van der Waals surface area contributed by atoms with Gasteiger partial charge in [-0.25, -0.2) is 4.79 Å². The van der Waals surface area contributed by atoms with Crippen molar-refractivity contribution in [3.05, 3.63) is 54.1 Å². The van der Waals surface area contributed by atoms with Crippen LogP contribution in [0.3, 0.4) is 0 Å². The van der Waals surface area contributed by atoms with Crippen LogP contribution >= 0.6 is 0 Å². The molecule has 0 saturated carbocycles. The fraction of sp³-hybridized carbons (Fsp3) is 0.409. The molecular formula is C22H29N3O2. The van der Waals surface area contributed by atoms with E-state index in [-0.39, 0.29) is 6.03 Å². The predicted octanol–water partition coefficient (Wildman–Crippen LogP) is 4.59. The number of benzene rings is 2. The second kappa shape index (κ2) is 8.91. The molecule has 0 bridgehead atoms. The minimum atomic E-state index is -0.0735. The molecule has 0 aromatic heterocycles. The predicted molar refractivity (Wildman–Crippen MR) is 110 cm³/mol. The van der Waals surface area contributed by atoms with Crippen LogP contribution in [0.4, 0.5) is 10.5 Å². The molecule has 1 atom stereocenters. The summed E-state index contributed by atoms with van der Waals surface area (Å²) in [6.07, 6.45) is 2.39. The number of nitrogens with one attached hydrogen (secondary N) is 1. The molecule has 1 N–H and O–H groups in total. The van der Waals surface area contributed by atoms with Crippen molar-refractivity contribution in [3.8, 4) is 11.5 Å². The van der Waals surface area contributed by atoms with Crippen molar-refractivity contribution in [3.63, 3.8) is 0 Å². The van der Waals surface area contributed by atoms with Crippen molar-refractivity contribution >= 4 is 11.7 Å². The maximum atomic E-state index is 12.5. The number of ether oxygens (including phenoxy) is 1. The number of carbonyl (C=O) groups is 1. The van der Waals surface area contributed by atoms with Crippen molar-refractivity contribution in [1.82, 2.24) is 9.80 Å². The van der Waals surface area contributed by atoms with Gasteiger partial charge in [0.05, 0.1) is 0 Å². The normalized spacial score (nSPS) is 17.4. The molecule has 144 valence electrons. The highest BCUT2D eigenvalue weighted by Gasteiger charge is 2.20. The molecule has 5 nitrogen and oxygen atoms in total. The molecule has 1 heterocycles. The molecule has 1 fully saturated rings. The molecule has 1 aliphatic rings. The lowest BCUT2D eigenvalue weighted by molar-refractivity contribution is 0.170. The molecule has 3 rings (SSSR count). The first-order valence-electron chi connectivity index (χ1n) is 9.55. The minimum absolute atomic E-state index is 0.0735. The van der Waals surface area contributed by atoms with Gasteiger partial charge in [-0.05, 0) is 81.2 Å². The van der Waals surface area contributed by atoms with Gasteiger partial charge in [0.1, 0.15) is 11.5 Å². The highest BCUT2D eigenvalue weighted by atomic mass is 16.5. The van der Waals surface area contributed by atoms with E-state index in [2.05, 4.69) is 17.3 Å². The SMILES string of the molecule is Cc1cccc(Oc2ccc(NC(=O)N(C)CC3CCCN(C)C3)cc2)c1. The van der Waals surface area contributed by atoms with Crippen molar-refractivity contribution < 1.29 is 9.53 Å². The third-order valence-electron chi connectivity index (χ3n) is 4.93. The molecule has 1 aliphatic heterocycles. The lowest BCUT2D eigenvalue weighted by Gasteiger charge is -2.32. The van der Waals surface area contributed by atoms with Crippen LogP contribution < -0.4 is 10.1 Å². The first-order valence-corrected chi connectivity index (χ1v) is 9.55. The average Bonchev–Trinajstić information content (AvgIpc) is 2.63. The Hall–Kier alpha value is -2.53. The Bertz CT molecular complexity index is 760. The lowest BCUT2D eigenvalue weighted by Crippen LogP contribution is -2.41. The number of aryl methyl sites for hydroxylation is 1. The number of urea groups is 1. The van der Waals surface area contributed by atoms with Gasteiger partial charge in [-0.3, -0.25) is 0 Å². The first-order chi connectivity index (χ1) is 13.0. The Morgan fingerprint density at radius 2 is 2.00 bits per heavy atom. The highest BCUT2D eigenvalue weighted by molar-refractivity contribution is 5.89. The molecular weight excluding hydrogens is 338 g/mol. The second-order valence-corrected chi connectivity index (χ2v) is 7.52. The summed E-state index contributed by atoms with van der Waals surface area (Å²) in [6.45, 7) is 5.03. The summed E-state index contributed by atoms with van der Waals surface area (Å²) in [4.78, 5) is 16.6. The van der Waals surface area contributed by atoms with Crippen LogP contribution in [-0.4, -0.2) is 49.6 Å². The van der Waals surface area contributed by atoms with E-state index in [4.69, 9.17) is 4.74 Å². The molecule has 5 heteroatoms. The van der Waals surface area contributed by atoms with Crippen molar-refractivity contribution in [2.75, 3.05) is 39.0 Å². The van der Waals surface area contributed by atoms with Crippen LogP contribution in [-0.2, 0) is 0 Å². The smallest absolute Gasteiger partial charge is 0.321 e. The Morgan fingerprint density at radius 3 is 2.70 bits per heavy atom. The van der Waals surface area contributed by atoms with E-state index in [1.807, 2.05) is 62.5 Å². The molecule has 0 radical (unpaired) electrons. The van der Waals surface area contributed by atoms with E-state index in [0.717, 1.165) is 42.4 Å². The molecule has 27 heavy (non-hydrogen) atoms. The zero-order valence-corrected chi connectivity index (χ0v) is 16.4. The molecule has 1 unspecified atom stereocenters. The number of piperidine rings is 1. The van der Waals surface area contributed by atoms with Crippen LogP contribution in [0.1, 0.15) is 18.4 Å². The molecule has 0 aliphatic carbocycles. The monoisotopic (exact) mass is 367 g/mol. The summed E-state index contributed by atoms with van der Waals surface area (Å²) in [5.74, 6) is 2.10. The quantitative estimate of drug-likeness (QED) is 0.840. The number of nitrogens with zero attached hydrogens (tertiary/aromatic N) is 2. The van der Waals surface area contributed by atoms with Gasteiger partial charge in [-0.1, -0.05) is 12.1 Å². The summed E-state index contributed by atoms with van der Waals surface area (Å²) in [6, 6.07) is 15.3. The summed E-state index contributed by atoms with van der Waals surface area (Å²) in [5, 5.41) is 2.96. The zero-order valence-electron chi connectivity index (χ0n) is 16.4. The number of anilines is 1. The largest absolute Gasteiger partial charge is 0.457 e. The minimum Gasteiger partial charge on any atom is -0.457 e. The number of amides is 2. The Labute approximate surface area is 161 Å². The molecule has 1 saturated heterocycles. The third-order valence-corrected chi connectivity index (χ3v) is 4.93. The summed E-state index contributed by atoms with van der Waals surface area (Å²) < 4.78 is 5.85. The van der Waals surface area contributed by atoms with Gasteiger partial charge in [0.2, 0.25) is 0 Å². The van der Waals surface area contributed by atoms with Crippen LogP contribution in [0.2, 0.25) is 0 Å². The third kappa shape index (κ3) is 5.73. The van der Waals surface area contributed by atoms with Gasteiger partial charge >= 0.3 is 6.03 Å². The fourth-order valence-electron chi connectivity index (χ4n) is 3.53. The Kier molecular flexibility index (Phi) is 6.35. The van der Waals surface area contributed by atoms with E-state index in [1.165, 1.54) is 12.8 Å². The van der Waals surface area contributed by atoms with Crippen LogP contribution in [0.15, 0.2) is 48.5 Å². The molecule has 2 aromatic rings. The van der Waals surface area contributed by atoms with Gasteiger partial charge in [0, 0.05) is 25.8 Å². The maximum absolute atomic E-state index is 12.5. The lowest BCUT2D eigenvalue weighted by atomic mass is 9.98. The highest BCUT2D eigenvalue weighted by Crippen LogP contribution is 2.24. The number of hydrogen-bond donors (Lipinski definition) is 1. The van der Waals surface area contributed by atoms with Gasteiger partial charge in [0.25, 0.3) is 0 Å². The topological polar surface area (TPSA) is 44.8 Å². The number of rotatable bonds is 5. The molecule has 0 spiro atoms. The van der Waals surface area contributed by atoms with Crippen LogP contribution in [0.25, 0.3) is 0 Å². The Morgan fingerprint density at radius 1 is 1.22 bits per heavy atom. The second-order valence-electron chi connectivity index (χ2n) is 7.52. The number of likely N-dealkylation sites (tertiary alicyclic amines) is 1. The van der Waals surface area contributed by atoms with Gasteiger partial charge in [0.15, 0.2) is 0 Å². The fourth-order valence-corrected chi connectivity index (χ4v) is 3.53. The zero-order chi connectivity index (χ0) is 19.2. The van der Waals surface area contributed by atoms with Gasteiger partial charge in [-0.2, -0.15) is 0 Å². The summed E-state index contributed by atoms with van der Waals surface area (Å²) >= 11 is 0. The average molecular weight is 367 g/mol. The van der Waals surface area contributed by atoms with Crippen molar-refractivity contribution in [2.45, 2.75) is 19.8 Å². The van der Waals surface area contributed by atoms with Crippen LogP contribution in [0.5, 0.6) is 11.5 Å². The molecule has 2 amide bonds. The van der Waals surface area contributed by atoms with Crippen molar-refractivity contribution in [1.29, 1.82) is 0 Å². The van der Waals surface area contributed by atoms with Gasteiger partial charge in [-0.15, -0.1) is 0 Å². The first kappa shape index (κ1) is 19.2. The standard InChI is InChI=1S/C22H29N3O2/c1-17-6-4-8-21(14-17)27-20-11-9-19(10-12-20)23-22(26)25(3)16-18-7-5-13-24(2)15-18/h4,6,8-12,14,18H,5,7,13,15-16H2,1-3H3,(H,23,26). The van der Waals surface area contributed by atoms with Crippen LogP contribution in [0, 0.1) is 12.8 Å². The van der Waals surface area contributed by atoms with E-state index < -0.39 is 0 Å². The Balaban J connectivity index is 1.51.